The number of fused-ring (bicyclic) bond motifs is 7. The molecule has 0 fully saturated rings. The number of anilines is 9. The summed E-state index contributed by atoms with van der Waals surface area (Å²) in [5.41, 5.74) is 11.7. The van der Waals surface area contributed by atoms with E-state index in [4.69, 9.17) is 14.4 Å². The van der Waals surface area contributed by atoms with Crippen molar-refractivity contribution in [2.45, 2.75) is 0 Å². The van der Waals surface area contributed by atoms with E-state index < -0.39 is 8.96 Å². The van der Waals surface area contributed by atoms with E-state index in [0.29, 0.717) is 11.6 Å². The first-order chi connectivity index (χ1) is 27.0. The molecule has 275 valence electrons. The molecule has 0 unspecified atom stereocenters. The van der Waals surface area contributed by atoms with Gasteiger partial charge in [-0.05, 0) is 58.9 Å². The average molecular weight is 927 g/mol. The first-order valence-electron chi connectivity index (χ1n) is 18.4. The number of aromatic nitrogens is 4. The minimum atomic E-state index is -1.61. The van der Waals surface area contributed by atoms with Crippen LogP contribution in [-0.4, -0.2) is 30.5 Å². The first-order valence-corrected chi connectivity index (χ1v) is 19.8. The van der Waals surface area contributed by atoms with Crippen LogP contribution in [0.4, 0.5) is 51.6 Å². The zero-order valence-electron chi connectivity index (χ0n) is 30.8. The van der Waals surface area contributed by atoms with Gasteiger partial charge >= 0.3 is 6.01 Å². The minimum Gasteiger partial charge on any atom is -0.423 e. The number of hydrogen-bond acceptors (Lipinski definition) is 7. The third-order valence-corrected chi connectivity index (χ3v) is 13.5. The molecule has 9 nitrogen and oxygen atoms in total. The molecule has 0 spiro atoms. The third kappa shape index (κ3) is 5.09. The second-order valence-electron chi connectivity index (χ2n) is 14.1. The van der Waals surface area contributed by atoms with Crippen LogP contribution >= 0.6 is 0 Å². The van der Waals surface area contributed by atoms with Crippen LogP contribution in [0.2, 0.25) is 0 Å². The summed E-state index contributed by atoms with van der Waals surface area (Å²) >= 11 is 0. The monoisotopic (exact) mass is 926 g/mol. The smallest absolute Gasteiger partial charge is 0.309 e. The normalized spacial score (nSPS) is 13.0. The Hall–Kier alpha value is -6.35. The maximum Gasteiger partial charge on any atom is 0.309 e. The number of pyridine rings is 1. The molecule has 56 heavy (non-hydrogen) atoms. The molecule has 1 N–H and O–H groups in total. The van der Waals surface area contributed by atoms with Crippen LogP contribution in [-0.2, 0) is 35.2 Å². The molecule has 0 saturated heterocycles. The molecule has 6 heterocycles. The van der Waals surface area contributed by atoms with E-state index in [-0.39, 0.29) is 21.1 Å². The summed E-state index contributed by atoms with van der Waals surface area (Å²) in [4.78, 5) is 15.2. The van der Waals surface area contributed by atoms with E-state index in [1.807, 2.05) is 6.07 Å². The third-order valence-electron chi connectivity index (χ3n) is 10.8. The Kier molecular flexibility index (Phi) is 8.02. The van der Waals surface area contributed by atoms with Gasteiger partial charge < -0.3 is 28.3 Å². The van der Waals surface area contributed by atoms with E-state index in [2.05, 4.69) is 196 Å². The van der Waals surface area contributed by atoms with E-state index in [0.717, 1.165) is 73.4 Å². The van der Waals surface area contributed by atoms with Gasteiger partial charge in [-0.1, -0.05) is 95.9 Å². The Bertz CT molecular complexity index is 2900. The van der Waals surface area contributed by atoms with Gasteiger partial charge in [-0.15, -0.1) is 6.07 Å². The maximum atomic E-state index is 6.88. The Morgan fingerprint density at radius 1 is 0.696 bits per heavy atom. The molecule has 2 aliphatic heterocycles. The van der Waals surface area contributed by atoms with Crippen LogP contribution in [0.3, 0.4) is 0 Å². The summed E-state index contributed by atoms with van der Waals surface area (Å²) in [5, 5.41) is 7.45. The number of hydrogen-bond donors (Lipinski definition) is 1. The fraction of sp³-hybridized carbons (Fsp3) is 0.0667. The van der Waals surface area contributed by atoms with E-state index >= 15 is 0 Å². The number of nitrogens with one attached hydrogen (secondary N) is 1. The molecule has 0 saturated carbocycles. The topological polar surface area (TPSA) is 69.5 Å². The summed E-state index contributed by atoms with van der Waals surface area (Å²) in [6, 6.07) is 49.6. The molecular weight excluding hydrogens is 892 g/mol. The SMILES string of the molecule is CN1c2ccccc2N(c2nc3c4c(ccc3o2)Nc2ccccc2N4[Si](c2ccccc2)c2ccccc2)c2nc(-c3cn(C)c4c3[cH-]c[n+]4C)ccc21.[Pt]. The zero-order valence-corrected chi connectivity index (χ0v) is 34.1. The molecule has 9 aromatic rings. The fourth-order valence-electron chi connectivity index (χ4n) is 8.37. The Labute approximate surface area is 340 Å². The predicted molar refractivity (Wildman–Crippen MR) is 223 cm³/mol. The molecule has 11 rings (SSSR count). The maximum absolute atomic E-state index is 6.88. The van der Waals surface area contributed by atoms with Crippen molar-refractivity contribution in [2.75, 3.05) is 26.7 Å². The van der Waals surface area contributed by atoms with Gasteiger partial charge in [-0.3, -0.25) is 0 Å². The van der Waals surface area contributed by atoms with Gasteiger partial charge in [0.15, 0.2) is 17.0 Å². The van der Waals surface area contributed by atoms with Crippen LogP contribution in [0.1, 0.15) is 0 Å². The molecule has 0 bridgehead atoms. The van der Waals surface area contributed by atoms with Gasteiger partial charge in [0.05, 0.1) is 53.9 Å². The molecule has 0 aliphatic carbocycles. The molecule has 4 aromatic heterocycles. The second-order valence-corrected chi connectivity index (χ2v) is 16.4. The van der Waals surface area contributed by atoms with Crippen LogP contribution in [0.15, 0.2) is 156 Å². The molecule has 11 heteroatoms. The molecule has 0 amide bonds. The van der Waals surface area contributed by atoms with Gasteiger partial charge in [-0.25, -0.2) is 9.88 Å². The van der Waals surface area contributed by atoms with E-state index in [1.165, 1.54) is 10.4 Å². The standard InChI is InChI=1S/C45H35N8OSi.Pt/c1-49-27-26-31-32(28-50(2)44(31)49)33-22-24-39-43(47-33)52(38-21-13-12-20-37(38)51(39)3)45-48-41-40(54-45)25-23-35-42(41)53(36-19-11-10-18-34(36)46-35)55(29-14-6-4-7-15-29)30-16-8-5-9-17-30;/h4-28,46H,1-3H3;. The van der Waals surface area contributed by atoms with Gasteiger partial charge in [0.1, 0.15) is 5.52 Å². The summed E-state index contributed by atoms with van der Waals surface area (Å²) in [5.74, 6) is 0.755. The van der Waals surface area contributed by atoms with Gasteiger partial charge in [0.25, 0.3) is 0 Å². The summed E-state index contributed by atoms with van der Waals surface area (Å²) in [6.45, 7) is 0. The molecule has 1 radical (unpaired) electrons. The average Bonchev–Trinajstić information content (AvgIpc) is 3.93. The Morgan fingerprint density at radius 2 is 1.38 bits per heavy atom. The Morgan fingerprint density at radius 3 is 2.12 bits per heavy atom. The largest absolute Gasteiger partial charge is 0.423 e. The van der Waals surface area contributed by atoms with Crippen molar-refractivity contribution >= 4 is 93.1 Å². The van der Waals surface area contributed by atoms with Crippen molar-refractivity contribution in [3.8, 4) is 11.3 Å². The number of oxazole rings is 1. The van der Waals surface area contributed by atoms with Crippen LogP contribution < -0.4 is 34.6 Å². The second kappa shape index (κ2) is 13.1. The molecular formula is C45H35N8OPtSi. The Balaban J connectivity index is 0.00000384. The zero-order chi connectivity index (χ0) is 36.8. The summed E-state index contributed by atoms with van der Waals surface area (Å²) < 4.78 is 13.7. The van der Waals surface area contributed by atoms with Gasteiger partial charge in [-0.2, -0.15) is 4.98 Å². The van der Waals surface area contributed by atoms with Gasteiger partial charge in [0.2, 0.25) is 8.96 Å². The quantitative estimate of drug-likeness (QED) is 0.106. The van der Waals surface area contributed by atoms with Crippen molar-refractivity contribution in [1.29, 1.82) is 0 Å². The van der Waals surface area contributed by atoms with Crippen molar-refractivity contribution in [2.24, 2.45) is 14.1 Å². The predicted octanol–water partition coefficient (Wildman–Crippen LogP) is 8.47. The number of aryl methyl sites for hydroxylation is 2. The van der Waals surface area contributed by atoms with Crippen LogP contribution in [0.25, 0.3) is 33.4 Å². The number of para-hydroxylation sites is 4. The van der Waals surface area contributed by atoms with Crippen LogP contribution in [0.5, 0.6) is 0 Å². The molecule has 0 atom stereocenters. The summed E-state index contributed by atoms with van der Waals surface area (Å²) in [6.07, 6.45) is 4.26. The summed E-state index contributed by atoms with van der Waals surface area (Å²) in [7, 11) is 4.64. The molecule has 5 aromatic carbocycles. The fourth-order valence-corrected chi connectivity index (χ4v) is 11.1. The number of rotatable bonds is 5. The number of nitrogens with zero attached hydrogens (tertiary/aromatic N) is 7. The van der Waals surface area contributed by atoms with Crippen molar-refractivity contribution in [3.63, 3.8) is 0 Å². The first kappa shape index (κ1) is 34.2. The van der Waals surface area contributed by atoms with E-state index in [9.17, 15) is 0 Å². The minimum absolute atomic E-state index is 0. The van der Waals surface area contributed by atoms with Crippen molar-refractivity contribution < 1.29 is 30.0 Å². The van der Waals surface area contributed by atoms with E-state index in [1.54, 1.807) is 0 Å². The van der Waals surface area contributed by atoms with Crippen molar-refractivity contribution in [1.82, 2.24) is 14.5 Å². The van der Waals surface area contributed by atoms with Crippen LogP contribution in [0, 0.1) is 0 Å². The molecule has 2 aliphatic rings. The number of benzene rings is 5. The van der Waals surface area contributed by atoms with Gasteiger partial charge in [0, 0.05) is 46.2 Å². The van der Waals surface area contributed by atoms with Crippen molar-refractivity contribution in [3.05, 3.63) is 152 Å².